The highest BCUT2D eigenvalue weighted by Crippen LogP contribution is 2.18. The molecule has 1 fully saturated rings. The molecule has 1 rings (SSSR count). The molecule has 0 aromatic carbocycles. The van der Waals surface area contributed by atoms with Crippen molar-refractivity contribution in [2.45, 2.75) is 31.3 Å². The SMILES string of the molecule is NC(=O)CC(N)C(=O)N1CCCC1C(=O)NCC(=O)NCC(=O)O. The standard InChI is InChI=1S/C13H21N5O6/c14-7(4-9(15)19)13(24)18-3-1-2-8(18)12(23)17-5-10(20)16-6-11(21)22/h7-8H,1-6,14H2,(H2,15,19)(H,16,20)(H,17,23)(H,21,22). The molecule has 0 aliphatic carbocycles. The Bertz CT molecular complexity index is 537. The Morgan fingerprint density at radius 3 is 2.42 bits per heavy atom. The van der Waals surface area contributed by atoms with Gasteiger partial charge in [0.25, 0.3) is 0 Å². The highest BCUT2D eigenvalue weighted by Gasteiger charge is 2.36. The zero-order valence-corrected chi connectivity index (χ0v) is 13.0. The molecule has 24 heavy (non-hydrogen) atoms. The van der Waals surface area contributed by atoms with Crippen LogP contribution in [0, 0.1) is 0 Å². The smallest absolute Gasteiger partial charge is 0.322 e. The molecule has 11 nitrogen and oxygen atoms in total. The van der Waals surface area contributed by atoms with E-state index in [1.165, 1.54) is 4.90 Å². The second kappa shape index (κ2) is 8.82. The van der Waals surface area contributed by atoms with E-state index >= 15 is 0 Å². The fourth-order valence-corrected chi connectivity index (χ4v) is 2.34. The minimum Gasteiger partial charge on any atom is -0.480 e. The van der Waals surface area contributed by atoms with Crippen molar-refractivity contribution >= 4 is 29.6 Å². The number of carboxylic acid groups (broad SMARTS) is 1. The fraction of sp³-hybridized carbons (Fsp3) is 0.615. The van der Waals surface area contributed by atoms with Crippen molar-refractivity contribution in [3.8, 4) is 0 Å². The lowest BCUT2D eigenvalue weighted by molar-refractivity contribution is -0.140. The zero-order chi connectivity index (χ0) is 18.3. The van der Waals surface area contributed by atoms with Crippen molar-refractivity contribution in [3.05, 3.63) is 0 Å². The van der Waals surface area contributed by atoms with E-state index in [9.17, 15) is 24.0 Å². The van der Waals surface area contributed by atoms with Crippen LogP contribution < -0.4 is 22.1 Å². The van der Waals surface area contributed by atoms with Gasteiger partial charge in [-0.3, -0.25) is 24.0 Å². The molecule has 0 aromatic heterocycles. The van der Waals surface area contributed by atoms with Crippen LogP contribution in [0.4, 0.5) is 0 Å². The summed E-state index contributed by atoms with van der Waals surface area (Å²) in [5, 5.41) is 12.9. The number of hydrogen-bond donors (Lipinski definition) is 5. The van der Waals surface area contributed by atoms with Gasteiger partial charge >= 0.3 is 5.97 Å². The van der Waals surface area contributed by atoms with Crippen LogP contribution in [-0.4, -0.2) is 71.3 Å². The van der Waals surface area contributed by atoms with Crippen LogP contribution in [0.3, 0.4) is 0 Å². The lowest BCUT2D eigenvalue weighted by atomic mass is 10.1. The molecule has 1 saturated heterocycles. The highest BCUT2D eigenvalue weighted by molar-refractivity contribution is 5.94. The molecule has 2 atom stereocenters. The van der Waals surface area contributed by atoms with E-state index in [2.05, 4.69) is 10.6 Å². The minimum absolute atomic E-state index is 0.314. The highest BCUT2D eigenvalue weighted by atomic mass is 16.4. The van der Waals surface area contributed by atoms with Crippen LogP contribution in [0.5, 0.6) is 0 Å². The van der Waals surface area contributed by atoms with Crippen molar-refractivity contribution in [2.75, 3.05) is 19.6 Å². The molecule has 1 aliphatic heterocycles. The number of nitrogens with zero attached hydrogens (tertiary/aromatic N) is 1. The monoisotopic (exact) mass is 343 g/mol. The maximum absolute atomic E-state index is 12.2. The van der Waals surface area contributed by atoms with Gasteiger partial charge in [0, 0.05) is 6.54 Å². The van der Waals surface area contributed by atoms with E-state index in [-0.39, 0.29) is 6.42 Å². The third-order valence-electron chi connectivity index (χ3n) is 3.44. The lowest BCUT2D eigenvalue weighted by Gasteiger charge is -2.26. The van der Waals surface area contributed by atoms with Crippen LogP contribution in [0.15, 0.2) is 0 Å². The average molecular weight is 343 g/mol. The molecule has 0 spiro atoms. The summed E-state index contributed by atoms with van der Waals surface area (Å²) >= 11 is 0. The molecule has 0 bridgehead atoms. The van der Waals surface area contributed by atoms with Crippen LogP contribution >= 0.6 is 0 Å². The van der Waals surface area contributed by atoms with E-state index in [4.69, 9.17) is 16.6 Å². The predicted octanol–water partition coefficient (Wildman–Crippen LogP) is -3.50. The van der Waals surface area contributed by atoms with Crippen LogP contribution in [-0.2, 0) is 24.0 Å². The first-order valence-corrected chi connectivity index (χ1v) is 7.33. The van der Waals surface area contributed by atoms with E-state index in [0.29, 0.717) is 19.4 Å². The number of nitrogens with one attached hydrogen (secondary N) is 2. The first-order chi connectivity index (χ1) is 11.2. The molecule has 0 saturated carbocycles. The van der Waals surface area contributed by atoms with E-state index < -0.39 is 54.8 Å². The van der Waals surface area contributed by atoms with Crippen LogP contribution in [0.25, 0.3) is 0 Å². The Morgan fingerprint density at radius 2 is 1.83 bits per heavy atom. The van der Waals surface area contributed by atoms with Gasteiger partial charge in [-0.25, -0.2) is 0 Å². The summed E-state index contributed by atoms with van der Waals surface area (Å²) < 4.78 is 0. The molecule has 11 heteroatoms. The summed E-state index contributed by atoms with van der Waals surface area (Å²) in [6.45, 7) is -0.642. The van der Waals surface area contributed by atoms with Gasteiger partial charge in [-0.15, -0.1) is 0 Å². The molecular weight excluding hydrogens is 322 g/mol. The maximum Gasteiger partial charge on any atom is 0.322 e. The number of likely N-dealkylation sites (tertiary alicyclic amines) is 1. The zero-order valence-electron chi connectivity index (χ0n) is 13.0. The van der Waals surface area contributed by atoms with Gasteiger partial charge in [0.2, 0.25) is 23.6 Å². The molecule has 4 amide bonds. The Labute approximate surface area is 137 Å². The first-order valence-electron chi connectivity index (χ1n) is 7.33. The summed E-state index contributed by atoms with van der Waals surface area (Å²) in [5.74, 6) is -3.68. The van der Waals surface area contributed by atoms with Gasteiger partial charge in [0.1, 0.15) is 12.6 Å². The number of nitrogens with two attached hydrogens (primary N) is 2. The molecule has 1 heterocycles. The van der Waals surface area contributed by atoms with Crippen molar-refractivity contribution < 1.29 is 29.1 Å². The largest absolute Gasteiger partial charge is 0.480 e. The first kappa shape index (κ1) is 19.4. The average Bonchev–Trinajstić information content (AvgIpc) is 2.98. The second-order valence-corrected chi connectivity index (χ2v) is 5.35. The summed E-state index contributed by atoms with van der Waals surface area (Å²) in [6, 6.07) is -1.90. The van der Waals surface area contributed by atoms with E-state index in [1.807, 2.05) is 0 Å². The Morgan fingerprint density at radius 1 is 1.17 bits per heavy atom. The molecule has 0 radical (unpaired) electrons. The topological polar surface area (TPSA) is 185 Å². The third-order valence-corrected chi connectivity index (χ3v) is 3.44. The van der Waals surface area contributed by atoms with Crippen molar-refractivity contribution in [3.63, 3.8) is 0 Å². The van der Waals surface area contributed by atoms with Crippen LogP contribution in [0.1, 0.15) is 19.3 Å². The van der Waals surface area contributed by atoms with Crippen molar-refractivity contribution in [1.29, 1.82) is 0 Å². The van der Waals surface area contributed by atoms with Crippen LogP contribution in [0.2, 0.25) is 0 Å². The van der Waals surface area contributed by atoms with Gasteiger partial charge < -0.3 is 32.1 Å². The fourth-order valence-electron chi connectivity index (χ4n) is 2.34. The second-order valence-electron chi connectivity index (χ2n) is 5.35. The van der Waals surface area contributed by atoms with Crippen molar-refractivity contribution in [1.82, 2.24) is 15.5 Å². The molecule has 1 aliphatic rings. The van der Waals surface area contributed by atoms with Gasteiger partial charge in [-0.1, -0.05) is 0 Å². The number of carboxylic acids is 1. The Hall–Kier alpha value is -2.69. The maximum atomic E-state index is 12.2. The number of primary amides is 1. The number of carbonyl (C=O) groups is 5. The number of carbonyl (C=O) groups excluding carboxylic acids is 4. The minimum atomic E-state index is -1.20. The molecule has 7 N–H and O–H groups in total. The summed E-state index contributed by atoms with van der Waals surface area (Å²) in [5.41, 5.74) is 10.6. The molecule has 2 unspecified atom stereocenters. The van der Waals surface area contributed by atoms with Gasteiger partial charge in [-0.2, -0.15) is 0 Å². The number of rotatable bonds is 8. The number of hydrogen-bond acceptors (Lipinski definition) is 6. The normalized spacial score (nSPS) is 17.9. The summed E-state index contributed by atoms with van der Waals surface area (Å²) in [6.07, 6.45) is 0.664. The van der Waals surface area contributed by atoms with Gasteiger partial charge in [0.15, 0.2) is 0 Å². The molecule has 0 aromatic rings. The molecular formula is C13H21N5O6. The molecule has 134 valence electrons. The van der Waals surface area contributed by atoms with Gasteiger partial charge in [0.05, 0.1) is 19.0 Å². The quantitative estimate of drug-likeness (QED) is 0.302. The predicted molar refractivity (Wildman–Crippen MR) is 80.2 cm³/mol. The van der Waals surface area contributed by atoms with Gasteiger partial charge in [-0.05, 0) is 12.8 Å². The summed E-state index contributed by atoms with van der Waals surface area (Å²) in [4.78, 5) is 58.1. The lowest BCUT2D eigenvalue weighted by Crippen LogP contribution is -2.53. The Balaban J connectivity index is 2.53. The third kappa shape index (κ3) is 5.83. The van der Waals surface area contributed by atoms with E-state index in [0.717, 1.165) is 0 Å². The summed E-state index contributed by atoms with van der Waals surface area (Å²) in [7, 11) is 0. The van der Waals surface area contributed by atoms with E-state index in [1.54, 1.807) is 0 Å². The van der Waals surface area contributed by atoms with Crippen molar-refractivity contribution in [2.24, 2.45) is 11.5 Å². The number of aliphatic carboxylic acids is 1. The Kier molecular flexibility index (Phi) is 7.11. The number of amides is 4.